The van der Waals surface area contributed by atoms with Gasteiger partial charge in [-0.2, -0.15) is 0 Å². The van der Waals surface area contributed by atoms with Crippen LogP contribution in [0.15, 0.2) is 72.8 Å². The van der Waals surface area contributed by atoms with Crippen molar-refractivity contribution in [2.45, 2.75) is 52.6 Å². The number of carbonyl (C=O) groups excluding carboxylic acids is 2. The maximum atomic E-state index is 13.0. The Kier molecular flexibility index (Phi) is 9.74. The largest absolute Gasteiger partial charge is 0.493 e. The van der Waals surface area contributed by atoms with Crippen molar-refractivity contribution in [3.8, 4) is 5.75 Å². The van der Waals surface area contributed by atoms with Crippen molar-refractivity contribution in [1.29, 1.82) is 0 Å². The quantitative estimate of drug-likeness (QED) is 0.122. The number of rotatable bonds is 13. The molecule has 3 aromatic rings. The first kappa shape index (κ1) is 26.6. The maximum Gasteiger partial charge on any atom is 0.283 e. The Labute approximate surface area is 211 Å². The van der Waals surface area contributed by atoms with E-state index in [4.69, 9.17) is 4.74 Å². The average Bonchev–Trinajstić information content (AvgIpc) is 2.87. The fourth-order valence-corrected chi connectivity index (χ4v) is 4.00. The highest BCUT2D eigenvalue weighted by molar-refractivity contribution is 5.98. The molecule has 36 heavy (non-hydrogen) atoms. The molecule has 0 atom stereocenters. The standard InChI is InChI=1S/C29H32N2O5/c1-22-18-26(23(2)32)27(31(34)35)19-28(22)36-17-11-5-10-16-29(33)30(20-24-12-6-3-7-13-24)21-25-14-8-4-9-15-25/h3-4,6-9,12-15,18-19H,5,10-11,16-17,20-21H2,1-2H3. The highest BCUT2D eigenvalue weighted by Gasteiger charge is 2.20. The van der Waals surface area contributed by atoms with Gasteiger partial charge in [0.1, 0.15) is 5.75 Å². The molecule has 0 saturated carbocycles. The van der Waals surface area contributed by atoms with Crippen LogP contribution in [0.5, 0.6) is 5.75 Å². The Morgan fingerprint density at radius 2 is 1.47 bits per heavy atom. The van der Waals surface area contributed by atoms with Gasteiger partial charge in [0.05, 0.1) is 23.2 Å². The predicted molar refractivity (Wildman–Crippen MR) is 139 cm³/mol. The molecule has 0 radical (unpaired) electrons. The number of Topliss-reactive ketones (excluding diaryl/α,β-unsaturated/α-hetero) is 1. The molecule has 0 aliphatic rings. The minimum atomic E-state index is -0.564. The molecule has 0 aromatic heterocycles. The molecular weight excluding hydrogens is 456 g/mol. The van der Waals surface area contributed by atoms with Gasteiger partial charge in [0.25, 0.3) is 5.69 Å². The monoisotopic (exact) mass is 488 g/mol. The van der Waals surface area contributed by atoms with Crippen molar-refractivity contribution in [3.63, 3.8) is 0 Å². The lowest BCUT2D eigenvalue weighted by molar-refractivity contribution is -0.385. The minimum absolute atomic E-state index is 0.0823. The number of amides is 1. The van der Waals surface area contributed by atoms with Gasteiger partial charge in [-0.15, -0.1) is 0 Å². The van der Waals surface area contributed by atoms with Crippen LogP contribution < -0.4 is 4.74 Å². The van der Waals surface area contributed by atoms with E-state index in [0.717, 1.165) is 24.0 Å². The fourth-order valence-electron chi connectivity index (χ4n) is 4.00. The third-order valence-corrected chi connectivity index (χ3v) is 5.95. The summed E-state index contributed by atoms with van der Waals surface area (Å²) in [5.41, 5.74) is 2.70. The van der Waals surface area contributed by atoms with E-state index in [1.54, 1.807) is 6.92 Å². The summed E-state index contributed by atoms with van der Waals surface area (Å²) in [6.45, 7) is 4.57. The van der Waals surface area contributed by atoms with Crippen LogP contribution in [0, 0.1) is 17.0 Å². The van der Waals surface area contributed by atoms with Gasteiger partial charge < -0.3 is 9.64 Å². The second kappa shape index (κ2) is 13.2. The zero-order valence-electron chi connectivity index (χ0n) is 20.8. The maximum absolute atomic E-state index is 13.0. The van der Waals surface area contributed by atoms with E-state index in [-0.39, 0.29) is 22.9 Å². The number of ether oxygens (including phenoxy) is 1. The molecule has 0 aliphatic carbocycles. The van der Waals surface area contributed by atoms with Crippen molar-refractivity contribution < 1.29 is 19.2 Å². The SMILES string of the molecule is CC(=O)c1cc(C)c(OCCCCCC(=O)N(Cc2ccccc2)Cc2ccccc2)cc1[N+](=O)[O-]. The lowest BCUT2D eigenvalue weighted by atomic mass is 10.1. The number of unbranched alkanes of at least 4 members (excludes halogenated alkanes) is 2. The molecule has 7 nitrogen and oxygen atoms in total. The number of aryl methyl sites for hydroxylation is 1. The Morgan fingerprint density at radius 1 is 0.889 bits per heavy atom. The van der Waals surface area contributed by atoms with Gasteiger partial charge in [-0.1, -0.05) is 60.7 Å². The molecule has 1 amide bonds. The number of nitro benzene ring substituents is 1. The topological polar surface area (TPSA) is 89.8 Å². The lowest BCUT2D eigenvalue weighted by Crippen LogP contribution is -2.29. The van der Waals surface area contributed by atoms with Crippen LogP contribution in [0.3, 0.4) is 0 Å². The van der Waals surface area contributed by atoms with E-state index in [0.29, 0.717) is 43.9 Å². The molecule has 0 saturated heterocycles. The van der Waals surface area contributed by atoms with Crippen LogP contribution in [-0.2, 0) is 17.9 Å². The van der Waals surface area contributed by atoms with E-state index in [2.05, 4.69) is 0 Å². The van der Waals surface area contributed by atoms with Gasteiger partial charge in [-0.3, -0.25) is 19.7 Å². The predicted octanol–water partition coefficient (Wildman–Crippen LogP) is 6.27. The summed E-state index contributed by atoms with van der Waals surface area (Å²) >= 11 is 0. The summed E-state index contributed by atoms with van der Waals surface area (Å²) < 4.78 is 5.76. The fraction of sp³-hybridized carbons (Fsp3) is 0.310. The van der Waals surface area contributed by atoms with Crippen LogP contribution in [0.1, 0.15) is 59.7 Å². The van der Waals surface area contributed by atoms with Crippen molar-refractivity contribution in [3.05, 3.63) is 105 Å². The Bertz CT molecular complexity index is 1140. The molecule has 0 spiro atoms. The highest BCUT2D eigenvalue weighted by atomic mass is 16.6. The van der Waals surface area contributed by atoms with Crippen LogP contribution in [0.4, 0.5) is 5.69 Å². The third-order valence-electron chi connectivity index (χ3n) is 5.95. The number of carbonyl (C=O) groups is 2. The van der Waals surface area contributed by atoms with Crippen LogP contribution in [-0.4, -0.2) is 28.1 Å². The third kappa shape index (κ3) is 7.77. The van der Waals surface area contributed by atoms with Gasteiger partial charge in [-0.25, -0.2) is 0 Å². The van der Waals surface area contributed by atoms with Crippen molar-refractivity contribution >= 4 is 17.4 Å². The number of nitrogens with zero attached hydrogens (tertiary/aromatic N) is 2. The van der Waals surface area contributed by atoms with Crippen molar-refractivity contribution in [2.75, 3.05) is 6.61 Å². The van der Waals surface area contributed by atoms with E-state index in [1.165, 1.54) is 19.1 Å². The number of ketones is 1. The number of nitro groups is 1. The molecule has 7 heteroatoms. The van der Waals surface area contributed by atoms with E-state index < -0.39 is 4.92 Å². The zero-order chi connectivity index (χ0) is 25.9. The summed E-state index contributed by atoms with van der Waals surface area (Å²) in [7, 11) is 0. The molecule has 3 aromatic carbocycles. The first-order valence-electron chi connectivity index (χ1n) is 12.1. The van der Waals surface area contributed by atoms with Gasteiger partial charge >= 0.3 is 0 Å². The molecular formula is C29H32N2O5. The normalized spacial score (nSPS) is 10.6. The van der Waals surface area contributed by atoms with Crippen molar-refractivity contribution in [1.82, 2.24) is 4.90 Å². The molecule has 0 aliphatic heterocycles. The first-order valence-corrected chi connectivity index (χ1v) is 12.1. The van der Waals surface area contributed by atoms with Gasteiger partial charge in [0, 0.05) is 19.5 Å². The van der Waals surface area contributed by atoms with E-state index in [1.807, 2.05) is 65.6 Å². The Morgan fingerprint density at radius 3 is 2.00 bits per heavy atom. The zero-order valence-corrected chi connectivity index (χ0v) is 20.8. The van der Waals surface area contributed by atoms with Gasteiger partial charge in [-0.05, 0) is 55.9 Å². The summed E-state index contributed by atoms with van der Waals surface area (Å²) in [6.07, 6.45) is 2.68. The second-order valence-corrected chi connectivity index (χ2v) is 8.83. The van der Waals surface area contributed by atoms with E-state index >= 15 is 0 Å². The summed E-state index contributed by atoms with van der Waals surface area (Å²) in [5.74, 6) is 0.157. The van der Waals surface area contributed by atoms with Crippen molar-refractivity contribution in [2.24, 2.45) is 0 Å². The summed E-state index contributed by atoms with van der Waals surface area (Å²) in [5, 5.41) is 11.3. The molecule has 188 valence electrons. The molecule has 0 bridgehead atoms. The van der Waals surface area contributed by atoms with Crippen LogP contribution in [0.2, 0.25) is 0 Å². The van der Waals surface area contributed by atoms with Gasteiger partial charge in [0.15, 0.2) is 5.78 Å². The number of hydrogen-bond donors (Lipinski definition) is 0. The summed E-state index contributed by atoms with van der Waals surface area (Å²) in [4.78, 5) is 37.4. The molecule has 0 N–H and O–H groups in total. The Balaban J connectivity index is 1.50. The highest BCUT2D eigenvalue weighted by Crippen LogP contribution is 2.29. The molecule has 3 rings (SSSR count). The Hall–Kier alpha value is -4.00. The van der Waals surface area contributed by atoms with E-state index in [9.17, 15) is 19.7 Å². The lowest BCUT2D eigenvalue weighted by Gasteiger charge is -2.23. The first-order chi connectivity index (χ1) is 17.3. The summed E-state index contributed by atoms with van der Waals surface area (Å²) in [6, 6.07) is 22.8. The molecule has 0 unspecified atom stereocenters. The van der Waals surface area contributed by atoms with Crippen LogP contribution in [0.25, 0.3) is 0 Å². The minimum Gasteiger partial charge on any atom is -0.493 e. The second-order valence-electron chi connectivity index (χ2n) is 8.83. The average molecular weight is 489 g/mol. The number of benzene rings is 3. The molecule has 0 fully saturated rings. The smallest absolute Gasteiger partial charge is 0.283 e. The molecule has 0 heterocycles. The van der Waals surface area contributed by atoms with Gasteiger partial charge in [0.2, 0.25) is 5.91 Å². The van der Waals surface area contributed by atoms with Crippen LogP contribution >= 0.6 is 0 Å². The number of hydrogen-bond acceptors (Lipinski definition) is 5.